The van der Waals surface area contributed by atoms with Crippen LogP contribution in [0.4, 0.5) is 0 Å². The predicted molar refractivity (Wildman–Crippen MR) is 73.6 cm³/mol. The van der Waals surface area contributed by atoms with Crippen LogP contribution in [0.1, 0.15) is 38.2 Å². The maximum atomic E-state index is 5.60. The molecule has 0 saturated heterocycles. The molecule has 0 heterocycles. The quantitative estimate of drug-likeness (QED) is 0.501. The van der Waals surface area contributed by atoms with Crippen LogP contribution in [0.15, 0.2) is 24.3 Å². The van der Waals surface area contributed by atoms with Gasteiger partial charge in [-0.15, -0.1) is 0 Å². The summed E-state index contributed by atoms with van der Waals surface area (Å²) in [6.07, 6.45) is 6.14. The van der Waals surface area contributed by atoms with E-state index in [9.17, 15) is 0 Å². The first-order valence-electron chi connectivity index (χ1n) is 6.14. The minimum atomic E-state index is 0.792. The van der Waals surface area contributed by atoms with Crippen LogP contribution in [-0.4, -0.2) is 11.9 Å². The number of aryl methyl sites for hydroxylation is 1. The largest absolute Gasteiger partial charge is 0.494 e. The molecule has 90 valence electrons. The van der Waals surface area contributed by atoms with Gasteiger partial charge in [0.2, 0.25) is 0 Å². The highest BCUT2D eigenvalue weighted by atomic mass is 79.9. The Morgan fingerprint density at radius 1 is 1.06 bits per heavy atom. The van der Waals surface area contributed by atoms with Gasteiger partial charge in [0.1, 0.15) is 5.75 Å². The fraction of sp³-hybridized carbons (Fsp3) is 0.571. The Hall–Kier alpha value is -0.500. The summed E-state index contributed by atoms with van der Waals surface area (Å²) in [5.41, 5.74) is 1.42. The van der Waals surface area contributed by atoms with Gasteiger partial charge in [0, 0.05) is 5.33 Å². The number of hydrogen-bond donors (Lipinski definition) is 0. The van der Waals surface area contributed by atoms with Gasteiger partial charge in [-0.25, -0.2) is 0 Å². The Morgan fingerprint density at radius 3 is 2.44 bits per heavy atom. The number of ether oxygens (including phenoxy) is 1. The number of halogens is 1. The van der Waals surface area contributed by atoms with Crippen molar-refractivity contribution in [3.63, 3.8) is 0 Å². The Labute approximate surface area is 107 Å². The molecule has 2 heteroatoms. The maximum absolute atomic E-state index is 5.60. The molecular weight excluding hydrogens is 264 g/mol. The summed E-state index contributed by atoms with van der Waals surface area (Å²) in [6, 6.07) is 8.52. The molecule has 0 radical (unpaired) electrons. The Kier molecular flexibility index (Phi) is 7.32. The van der Waals surface area contributed by atoms with Gasteiger partial charge in [-0.1, -0.05) is 47.8 Å². The van der Waals surface area contributed by atoms with E-state index in [4.69, 9.17) is 4.74 Å². The van der Waals surface area contributed by atoms with Crippen LogP contribution in [0.3, 0.4) is 0 Å². The number of alkyl halides is 1. The van der Waals surface area contributed by atoms with Crippen molar-refractivity contribution in [2.45, 2.75) is 39.0 Å². The number of rotatable bonds is 8. The van der Waals surface area contributed by atoms with Crippen LogP contribution in [0.25, 0.3) is 0 Å². The summed E-state index contributed by atoms with van der Waals surface area (Å²) >= 11 is 3.39. The minimum Gasteiger partial charge on any atom is -0.494 e. The van der Waals surface area contributed by atoms with E-state index in [2.05, 4.69) is 47.1 Å². The minimum absolute atomic E-state index is 0.792. The molecule has 0 aliphatic heterocycles. The summed E-state index contributed by atoms with van der Waals surface area (Å²) in [5.74, 6) is 0.986. The molecule has 0 N–H and O–H groups in total. The van der Waals surface area contributed by atoms with Crippen molar-refractivity contribution in [1.29, 1.82) is 0 Å². The molecule has 0 fully saturated rings. The van der Waals surface area contributed by atoms with Crippen molar-refractivity contribution in [2.75, 3.05) is 11.9 Å². The van der Waals surface area contributed by atoms with Crippen LogP contribution >= 0.6 is 15.9 Å². The van der Waals surface area contributed by atoms with Gasteiger partial charge in [0.25, 0.3) is 0 Å². The molecule has 0 aliphatic carbocycles. The molecule has 0 bridgehead atoms. The van der Waals surface area contributed by atoms with Crippen molar-refractivity contribution in [1.82, 2.24) is 0 Å². The van der Waals surface area contributed by atoms with E-state index in [1.54, 1.807) is 0 Å². The van der Waals surface area contributed by atoms with E-state index in [1.165, 1.54) is 31.2 Å². The van der Waals surface area contributed by atoms with E-state index in [-0.39, 0.29) is 0 Å². The van der Waals surface area contributed by atoms with Crippen LogP contribution < -0.4 is 4.74 Å². The van der Waals surface area contributed by atoms with Crippen LogP contribution in [0.2, 0.25) is 0 Å². The topological polar surface area (TPSA) is 9.23 Å². The molecule has 1 nitrogen and oxygen atoms in total. The summed E-state index contributed by atoms with van der Waals surface area (Å²) in [5, 5.41) is 1.00. The first-order valence-corrected chi connectivity index (χ1v) is 7.26. The summed E-state index contributed by atoms with van der Waals surface area (Å²) < 4.78 is 5.60. The molecule has 1 rings (SSSR count). The number of hydrogen-bond acceptors (Lipinski definition) is 1. The highest BCUT2D eigenvalue weighted by Gasteiger charge is 1.95. The fourth-order valence-electron chi connectivity index (χ4n) is 1.58. The normalized spacial score (nSPS) is 10.4. The highest BCUT2D eigenvalue weighted by Crippen LogP contribution is 2.14. The van der Waals surface area contributed by atoms with Gasteiger partial charge < -0.3 is 4.74 Å². The molecule has 1 aromatic carbocycles. The van der Waals surface area contributed by atoms with E-state index in [0.29, 0.717) is 0 Å². The lowest BCUT2D eigenvalue weighted by Gasteiger charge is -2.06. The molecule has 1 aromatic rings. The molecule has 0 aromatic heterocycles. The van der Waals surface area contributed by atoms with E-state index in [1.807, 2.05) is 0 Å². The lowest BCUT2D eigenvalue weighted by Crippen LogP contribution is -1.97. The Balaban J connectivity index is 2.30. The van der Waals surface area contributed by atoms with Crippen LogP contribution in [0, 0.1) is 0 Å². The van der Waals surface area contributed by atoms with E-state index < -0.39 is 0 Å². The second-order valence-corrected chi connectivity index (χ2v) is 4.79. The molecule has 0 atom stereocenters. The molecule has 0 saturated carbocycles. The first-order chi connectivity index (χ1) is 7.86. The first kappa shape index (κ1) is 13.6. The Bertz CT molecular complexity index is 240. The fourth-order valence-corrected chi connectivity index (χ4v) is 1.80. The van der Waals surface area contributed by atoms with Crippen molar-refractivity contribution in [3.05, 3.63) is 29.8 Å². The zero-order chi connectivity index (χ0) is 11.6. The lowest BCUT2D eigenvalue weighted by molar-refractivity contribution is 0.319. The van der Waals surface area contributed by atoms with Crippen molar-refractivity contribution >= 4 is 15.9 Å². The molecule has 0 unspecified atom stereocenters. The molecular formula is C14H21BrO. The third-order valence-electron chi connectivity index (χ3n) is 2.54. The van der Waals surface area contributed by atoms with Crippen LogP contribution in [-0.2, 0) is 6.42 Å². The smallest absolute Gasteiger partial charge is 0.119 e. The zero-order valence-electron chi connectivity index (χ0n) is 10.0. The Morgan fingerprint density at radius 2 is 1.81 bits per heavy atom. The number of benzene rings is 1. The summed E-state index contributed by atoms with van der Waals surface area (Å²) in [7, 11) is 0. The second kappa shape index (κ2) is 8.63. The van der Waals surface area contributed by atoms with Gasteiger partial charge in [0.15, 0.2) is 0 Å². The van der Waals surface area contributed by atoms with Gasteiger partial charge in [0.05, 0.1) is 6.61 Å². The van der Waals surface area contributed by atoms with E-state index in [0.717, 1.165) is 24.1 Å². The maximum Gasteiger partial charge on any atom is 0.119 e. The average molecular weight is 285 g/mol. The lowest BCUT2D eigenvalue weighted by atomic mass is 10.1. The van der Waals surface area contributed by atoms with Gasteiger partial charge in [-0.05, 0) is 37.0 Å². The summed E-state index contributed by atoms with van der Waals surface area (Å²) in [6.45, 7) is 3.03. The second-order valence-electron chi connectivity index (χ2n) is 3.99. The molecule has 0 amide bonds. The van der Waals surface area contributed by atoms with Gasteiger partial charge in [-0.2, -0.15) is 0 Å². The number of unbranched alkanes of at least 4 members (excludes halogenated alkanes) is 2. The zero-order valence-corrected chi connectivity index (χ0v) is 11.6. The standard InChI is InChI=1S/C14H21BrO/c1-2-3-4-6-13-7-9-14(10-8-13)16-12-5-11-15/h7-10H,2-6,11-12H2,1H3. The van der Waals surface area contributed by atoms with Gasteiger partial charge >= 0.3 is 0 Å². The average Bonchev–Trinajstić information content (AvgIpc) is 2.32. The SMILES string of the molecule is CCCCCc1ccc(OCCCBr)cc1. The highest BCUT2D eigenvalue weighted by molar-refractivity contribution is 9.09. The molecule has 0 aliphatic rings. The van der Waals surface area contributed by atoms with Gasteiger partial charge in [-0.3, -0.25) is 0 Å². The third kappa shape index (κ3) is 5.55. The summed E-state index contributed by atoms with van der Waals surface area (Å²) in [4.78, 5) is 0. The van der Waals surface area contributed by atoms with Crippen molar-refractivity contribution in [3.8, 4) is 5.75 Å². The predicted octanol–water partition coefficient (Wildman–Crippen LogP) is 4.58. The van der Waals surface area contributed by atoms with Crippen LogP contribution in [0.5, 0.6) is 5.75 Å². The van der Waals surface area contributed by atoms with E-state index >= 15 is 0 Å². The molecule has 16 heavy (non-hydrogen) atoms. The van der Waals surface area contributed by atoms with Crippen molar-refractivity contribution in [2.24, 2.45) is 0 Å². The molecule has 0 spiro atoms. The third-order valence-corrected chi connectivity index (χ3v) is 3.10. The monoisotopic (exact) mass is 284 g/mol. The van der Waals surface area contributed by atoms with Crippen molar-refractivity contribution < 1.29 is 4.74 Å².